The summed E-state index contributed by atoms with van der Waals surface area (Å²) < 4.78 is 5.72. The molecule has 0 aliphatic heterocycles. The molecule has 2 aromatic rings. The fourth-order valence-electron chi connectivity index (χ4n) is 2.00. The lowest BCUT2D eigenvalue weighted by molar-refractivity contribution is 0.281. The molecule has 0 unspecified atom stereocenters. The van der Waals surface area contributed by atoms with Crippen molar-refractivity contribution in [1.82, 2.24) is 4.90 Å². The fraction of sp³-hybridized carbons (Fsp3) is 0.263. The van der Waals surface area contributed by atoms with Gasteiger partial charge in [0.2, 0.25) is 0 Å². The van der Waals surface area contributed by atoms with Crippen molar-refractivity contribution >= 4 is 12.2 Å². The second kappa shape index (κ2) is 8.28. The van der Waals surface area contributed by atoms with E-state index in [9.17, 15) is 0 Å². The summed E-state index contributed by atoms with van der Waals surface area (Å²) in [5, 5.41) is 0. The molecule has 0 amide bonds. The van der Waals surface area contributed by atoms with E-state index in [4.69, 9.17) is 4.74 Å². The zero-order chi connectivity index (χ0) is 14.9. The van der Waals surface area contributed by atoms with Crippen molar-refractivity contribution < 1.29 is 4.74 Å². The molecule has 0 atom stereocenters. The van der Waals surface area contributed by atoms with Crippen molar-refractivity contribution in [3.63, 3.8) is 0 Å². The van der Waals surface area contributed by atoms with Gasteiger partial charge in [-0.15, -0.1) is 0 Å². The molecule has 0 aliphatic rings. The van der Waals surface area contributed by atoms with Gasteiger partial charge in [0.05, 0.1) is 6.61 Å². The Kier molecular flexibility index (Phi) is 6.04. The van der Waals surface area contributed by atoms with Crippen molar-refractivity contribution in [3.05, 3.63) is 65.7 Å². The van der Waals surface area contributed by atoms with E-state index < -0.39 is 0 Å². The number of rotatable bonds is 7. The molecule has 0 heterocycles. The predicted molar refractivity (Wildman–Crippen MR) is 90.5 cm³/mol. The first-order valence-corrected chi connectivity index (χ1v) is 7.35. The molecule has 0 spiro atoms. The molecule has 0 bridgehead atoms. The molecule has 0 fully saturated rings. The molecule has 110 valence electrons. The summed E-state index contributed by atoms with van der Waals surface area (Å²) in [7, 11) is 4.15. The van der Waals surface area contributed by atoms with Crippen molar-refractivity contribution in [2.75, 3.05) is 27.2 Å². The van der Waals surface area contributed by atoms with Crippen molar-refractivity contribution in [2.45, 2.75) is 6.42 Å². The minimum atomic E-state index is 0.761. The van der Waals surface area contributed by atoms with Crippen LogP contribution in [0.1, 0.15) is 17.5 Å². The molecule has 2 aromatic carbocycles. The van der Waals surface area contributed by atoms with Gasteiger partial charge < -0.3 is 9.64 Å². The summed E-state index contributed by atoms with van der Waals surface area (Å²) in [6, 6.07) is 18.5. The third-order valence-corrected chi connectivity index (χ3v) is 3.17. The van der Waals surface area contributed by atoms with Crippen LogP contribution < -0.4 is 4.74 Å². The molecule has 2 nitrogen and oxygen atoms in total. The highest BCUT2D eigenvalue weighted by molar-refractivity contribution is 5.69. The largest absolute Gasteiger partial charge is 0.494 e. The van der Waals surface area contributed by atoms with Gasteiger partial charge in [-0.1, -0.05) is 54.6 Å². The second-order valence-electron chi connectivity index (χ2n) is 5.32. The minimum absolute atomic E-state index is 0.761. The highest BCUT2D eigenvalue weighted by Gasteiger charge is 1.95. The SMILES string of the molecule is CN(C)CCCOc1ccc(C=Cc2ccccc2)cc1. The van der Waals surface area contributed by atoms with Crippen LogP contribution >= 0.6 is 0 Å². The minimum Gasteiger partial charge on any atom is -0.494 e. The van der Waals surface area contributed by atoms with Gasteiger partial charge in [-0.3, -0.25) is 0 Å². The average Bonchev–Trinajstić information content (AvgIpc) is 2.51. The number of hydrogen-bond acceptors (Lipinski definition) is 2. The van der Waals surface area contributed by atoms with Gasteiger partial charge in [-0.25, -0.2) is 0 Å². The third kappa shape index (κ3) is 5.84. The van der Waals surface area contributed by atoms with Crippen LogP contribution in [-0.4, -0.2) is 32.1 Å². The number of hydrogen-bond donors (Lipinski definition) is 0. The maximum Gasteiger partial charge on any atom is 0.119 e. The normalized spacial score (nSPS) is 11.2. The van der Waals surface area contributed by atoms with Gasteiger partial charge in [0.1, 0.15) is 5.75 Å². The third-order valence-electron chi connectivity index (χ3n) is 3.17. The summed E-state index contributed by atoms with van der Waals surface area (Å²) in [6.07, 6.45) is 5.28. The maximum absolute atomic E-state index is 5.72. The highest BCUT2D eigenvalue weighted by atomic mass is 16.5. The van der Waals surface area contributed by atoms with E-state index in [1.54, 1.807) is 0 Å². The topological polar surface area (TPSA) is 12.5 Å². The van der Waals surface area contributed by atoms with E-state index in [2.05, 4.69) is 55.4 Å². The molecule has 2 heteroatoms. The van der Waals surface area contributed by atoms with Crippen LogP contribution in [-0.2, 0) is 0 Å². The average molecular weight is 281 g/mol. The smallest absolute Gasteiger partial charge is 0.119 e. The zero-order valence-corrected chi connectivity index (χ0v) is 12.8. The summed E-state index contributed by atoms with van der Waals surface area (Å²) in [6.45, 7) is 1.81. The number of ether oxygens (including phenoxy) is 1. The predicted octanol–water partition coefficient (Wildman–Crippen LogP) is 4.19. The number of nitrogens with zero attached hydrogens (tertiary/aromatic N) is 1. The molecule has 0 aromatic heterocycles. The van der Waals surface area contributed by atoms with Crippen LogP contribution in [0.15, 0.2) is 54.6 Å². The molecule has 0 saturated heterocycles. The van der Waals surface area contributed by atoms with E-state index >= 15 is 0 Å². The monoisotopic (exact) mass is 281 g/mol. The Bertz CT molecular complexity index is 544. The van der Waals surface area contributed by atoms with E-state index in [1.807, 2.05) is 30.3 Å². The van der Waals surface area contributed by atoms with Crippen molar-refractivity contribution in [3.8, 4) is 5.75 Å². The highest BCUT2D eigenvalue weighted by Crippen LogP contribution is 2.14. The summed E-state index contributed by atoms with van der Waals surface area (Å²) in [4.78, 5) is 2.17. The van der Waals surface area contributed by atoms with Gasteiger partial charge in [0.25, 0.3) is 0 Å². The molecule has 2 rings (SSSR count). The lowest BCUT2D eigenvalue weighted by Gasteiger charge is -2.10. The van der Waals surface area contributed by atoms with Crippen LogP contribution in [0.3, 0.4) is 0 Å². The molecule has 0 radical (unpaired) electrons. The van der Waals surface area contributed by atoms with Crippen LogP contribution in [0.4, 0.5) is 0 Å². The van der Waals surface area contributed by atoms with Crippen LogP contribution in [0.2, 0.25) is 0 Å². The quantitative estimate of drug-likeness (QED) is 0.557. The Balaban J connectivity index is 1.83. The van der Waals surface area contributed by atoms with E-state index in [0.29, 0.717) is 0 Å². The zero-order valence-electron chi connectivity index (χ0n) is 12.8. The lowest BCUT2D eigenvalue weighted by atomic mass is 10.1. The van der Waals surface area contributed by atoms with Gasteiger partial charge >= 0.3 is 0 Å². The van der Waals surface area contributed by atoms with Gasteiger partial charge in [-0.05, 0) is 43.8 Å². The summed E-state index contributed by atoms with van der Waals surface area (Å²) in [5.41, 5.74) is 2.39. The van der Waals surface area contributed by atoms with Crippen molar-refractivity contribution in [2.24, 2.45) is 0 Å². The van der Waals surface area contributed by atoms with Gasteiger partial charge in [0, 0.05) is 6.54 Å². The Morgan fingerprint density at radius 3 is 2.10 bits per heavy atom. The number of benzene rings is 2. The second-order valence-corrected chi connectivity index (χ2v) is 5.32. The Morgan fingerprint density at radius 2 is 1.48 bits per heavy atom. The first kappa shape index (κ1) is 15.3. The summed E-state index contributed by atoms with van der Waals surface area (Å²) in [5.74, 6) is 0.936. The first-order chi connectivity index (χ1) is 10.2. The fourth-order valence-corrected chi connectivity index (χ4v) is 2.00. The first-order valence-electron chi connectivity index (χ1n) is 7.35. The maximum atomic E-state index is 5.72. The molecular formula is C19H23NO. The van der Waals surface area contributed by atoms with Gasteiger partial charge in [-0.2, -0.15) is 0 Å². The Hall–Kier alpha value is -2.06. The van der Waals surface area contributed by atoms with Crippen molar-refractivity contribution in [1.29, 1.82) is 0 Å². The van der Waals surface area contributed by atoms with Crippen LogP contribution in [0, 0.1) is 0 Å². The van der Waals surface area contributed by atoms with E-state index in [1.165, 1.54) is 11.1 Å². The Morgan fingerprint density at radius 1 is 0.857 bits per heavy atom. The van der Waals surface area contributed by atoms with E-state index in [-0.39, 0.29) is 0 Å². The molecule has 0 N–H and O–H groups in total. The van der Waals surface area contributed by atoms with Crippen LogP contribution in [0.25, 0.3) is 12.2 Å². The van der Waals surface area contributed by atoms with Crippen LogP contribution in [0.5, 0.6) is 5.75 Å². The molecular weight excluding hydrogens is 258 g/mol. The lowest BCUT2D eigenvalue weighted by Crippen LogP contribution is -2.15. The molecule has 0 aliphatic carbocycles. The van der Waals surface area contributed by atoms with Gasteiger partial charge in [0.15, 0.2) is 0 Å². The summed E-state index contributed by atoms with van der Waals surface area (Å²) >= 11 is 0. The molecule has 21 heavy (non-hydrogen) atoms. The standard InChI is InChI=1S/C19H23NO/c1-20(2)15-6-16-21-19-13-11-18(12-14-19)10-9-17-7-4-3-5-8-17/h3-5,7-14H,6,15-16H2,1-2H3. The van der Waals surface area contributed by atoms with E-state index in [0.717, 1.165) is 25.3 Å². The molecule has 0 saturated carbocycles. The Labute approximate surface area is 127 Å².